The van der Waals surface area contributed by atoms with Gasteiger partial charge in [0.2, 0.25) is 5.91 Å². The van der Waals surface area contributed by atoms with E-state index in [-0.39, 0.29) is 11.8 Å². The van der Waals surface area contributed by atoms with Gasteiger partial charge in [0.1, 0.15) is 0 Å². The van der Waals surface area contributed by atoms with Gasteiger partial charge in [-0.1, -0.05) is 18.2 Å². The molecular weight excluding hydrogens is 237 g/mol. The Hall–Kier alpha value is -1.11. The normalized spacial score (nSPS) is 20.1. The molecule has 4 nitrogen and oxygen atoms in total. The Kier molecular flexibility index (Phi) is 4.36. The third kappa shape index (κ3) is 3.69. The first-order valence-electron chi connectivity index (χ1n) is 5.52. The van der Waals surface area contributed by atoms with Gasteiger partial charge in [-0.15, -0.1) is 11.3 Å². The maximum absolute atomic E-state index is 11.7. The van der Waals surface area contributed by atoms with Crippen molar-refractivity contribution < 1.29 is 14.5 Å². The summed E-state index contributed by atoms with van der Waals surface area (Å²) in [4.78, 5) is 12.8. The Balaban J connectivity index is 1.86. The summed E-state index contributed by atoms with van der Waals surface area (Å²) in [7, 11) is -0.933. The van der Waals surface area contributed by atoms with Gasteiger partial charge in [0.25, 0.3) is 0 Å². The summed E-state index contributed by atoms with van der Waals surface area (Å²) in [6.07, 6.45) is 4.70. The van der Waals surface area contributed by atoms with E-state index in [4.69, 9.17) is 4.65 Å². The van der Waals surface area contributed by atoms with Crippen molar-refractivity contribution in [1.29, 1.82) is 0 Å². The Morgan fingerprint density at radius 2 is 2.53 bits per heavy atom. The quantitative estimate of drug-likeness (QED) is 0.616. The highest BCUT2D eigenvalue weighted by atomic mass is 32.1. The summed E-state index contributed by atoms with van der Waals surface area (Å²) in [6.45, 7) is 0.387. The summed E-state index contributed by atoms with van der Waals surface area (Å²) in [5, 5.41) is 14.4. The van der Waals surface area contributed by atoms with Crippen LogP contribution in [0.1, 0.15) is 11.3 Å². The van der Waals surface area contributed by atoms with E-state index in [0.29, 0.717) is 19.4 Å². The van der Waals surface area contributed by atoms with Crippen molar-refractivity contribution in [1.82, 2.24) is 5.32 Å². The van der Waals surface area contributed by atoms with E-state index in [2.05, 4.69) is 5.32 Å². The van der Waals surface area contributed by atoms with Crippen LogP contribution in [0, 0.1) is 0 Å². The molecule has 1 atom stereocenters. The highest BCUT2D eigenvalue weighted by Crippen LogP contribution is 2.10. The van der Waals surface area contributed by atoms with Crippen molar-refractivity contribution in [2.45, 2.75) is 18.8 Å². The smallest absolute Gasteiger partial charge is 0.426 e. The lowest BCUT2D eigenvalue weighted by atomic mass is 9.77. The fraction of sp³-hybridized carbons (Fsp3) is 0.364. The molecule has 90 valence electrons. The first kappa shape index (κ1) is 12.4. The minimum Gasteiger partial charge on any atom is -0.426 e. The molecule has 0 spiro atoms. The van der Waals surface area contributed by atoms with Gasteiger partial charge >= 0.3 is 7.12 Å². The Labute approximate surface area is 104 Å². The molecule has 0 aromatic carbocycles. The van der Waals surface area contributed by atoms with Gasteiger partial charge < -0.3 is 15.0 Å². The second-order valence-corrected chi connectivity index (χ2v) is 4.89. The van der Waals surface area contributed by atoms with Crippen LogP contribution >= 0.6 is 11.3 Å². The standard InChI is InChI=1S/C11H14BNO3S/c14-11(8-9-4-3-7-17-9)13-10-5-1-2-6-16-12(10)15/h1-4,7,10,15H,5-6,8H2,(H,13,14). The summed E-state index contributed by atoms with van der Waals surface area (Å²) in [5.74, 6) is -0.448. The molecule has 1 aromatic rings. The Bertz CT molecular complexity index is 393. The van der Waals surface area contributed by atoms with E-state index in [1.165, 1.54) is 0 Å². The predicted octanol–water partition coefficient (Wildman–Crippen LogP) is 0.772. The van der Waals surface area contributed by atoms with Crippen LogP contribution in [0.4, 0.5) is 0 Å². The van der Waals surface area contributed by atoms with Crippen LogP contribution in [0.15, 0.2) is 29.7 Å². The number of hydrogen-bond donors (Lipinski definition) is 2. The third-order valence-corrected chi connectivity index (χ3v) is 3.40. The molecule has 0 aliphatic carbocycles. The number of nitrogens with one attached hydrogen (secondary N) is 1. The molecule has 0 saturated heterocycles. The molecule has 6 heteroatoms. The van der Waals surface area contributed by atoms with E-state index < -0.39 is 7.12 Å². The highest BCUT2D eigenvalue weighted by molar-refractivity contribution is 7.10. The molecule has 0 radical (unpaired) electrons. The molecule has 2 N–H and O–H groups in total. The van der Waals surface area contributed by atoms with E-state index in [0.717, 1.165) is 4.88 Å². The number of carbonyl (C=O) groups is 1. The van der Waals surface area contributed by atoms with E-state index in [1.54, 1.807) is 11.3 Å². The topological polar surface area (TPSA) is 58.6 Å². The van der Waals surface area contributed by atoms with Gasteiger partial charge in [0.05, 0.1) is 12.4 Å². The molecule has 0 bridgehead atoms. The zero-order valence-corrected chi connectivity index (χ0v) is 10.2. The average Bonchev–Trinajstić information content (AvgIpc) is 2.71. The zero-order valence-electron chi connectivity index (χ0n) is 9.33. The fourth-order valence-electron chi connectivity index (χ4n) is 1.66. The van der Waals surface area contributed by atoms with Crippen molar-refractivity contribution in [2.75, 3.05) is 6.61 Å². The minimum atomic E-state index is -0.933. The molecule has 1 aliphatic rings. The largest absolute Gasteiger partial charge is 0.478 e. The van der Waals surface area contributed by atoms with Crippen molar-refractivity contribution in [2.24, 2.45) is 0 Å². The second-order valence-electron chi connectivity index (χ2n) is 3.86. The van der Waals surface area contributed by atoms with Crippen LogP contribution in [-0.4, -0.2) is 30.6 Å². The van der Waals surface area contributed by atoms with Crippen LogP contribution in [0.3, 0.4) is 0 Å². The Morgan fingerprint density at radius 3 is 3.29 bits per heavy atom. The lowest BCUT2D eigenvalue weighted by molar-refractivity contribution is -0.120. The molecule has 0 fully saturated rings. The van der Waals surface area contributed by atoms with Crippen molar-refractivity contribution in [3.8, 4) is 0 Å². The summed E-state index contributed by atoms with van der Waals surface area (Å²) < 4.78 is 5.11. The molecule has 2 rings (SSSR count). The summed E-state index contributed by atoms with van der Waals surface area (Å²) in [6, 6.07) is 3.84. The summed E-state index contributed by atoms with van der Waals surface area (Å²) in [5.41, 5.74) is 0. The maximum atomic E-state index is 11.7. The lowest BCUT2D eigenvalue weighted by Crippen LogP contribution is -2.47. The maximum Gasteiger partial charge on any atom is 0.478 e. The molecule has 17 heavy (non-hydrogen) atoms. The van der Waals surface area contributed by atoms with Crippen LogP contribution < -0.4 is 5.32 Å². The van der Waals surface area contributed by atoms with Gasteiger partial charge in [-0.25, -0.2) is 0 Å². The van der Waals surface area contributed by atoms with Gasteiger partial charge in [-0.3, -0.25) is 4.79 Å². The molecule has 1 amide bonds. The van der Waals surface area contributed by atoms with Gasteiger partial charge in [0.15, 0.2) is 0 Å². The molecule has 1 unspecified atom stereocenters. The second kappa shape index (κ2) is 6.00. The first-order chi connectivity index (χ1) is 8.25. The number of carbonyl (C=O) groups excluding carboxylic acids is 1. The van der Waals surface area contributed by atoms with Crippen molar-refractivity contribution in [3.05, 3.63) is 34.5 Å². The monoisotopic (exact) mass is 251 g/mol. The van der Waals surface area contributed by atoms with Crippen LogP contribution in [0.5, 0.6) is 0 Å². The number of thiophene rings is 1. The predicted molar refractivity (Wildman–Crippen MR) is 67.6 cm³/mol. The van der Waals surface area contributed by atoms with Crippen molar-refractivity contribution >= 4 is 24.4 Å². The summed E-state index contributed by atoms with van der Waals surface area (Å²) >= 11 is 1.55. The molecule has 0 saturated carbocycles. The zero-order chi connectivity index (χ0) is 12.1. The number of rotatable bonds is 3. The number of amides is 1. The SMILES string of the molecule is O=C(Cc1cccs1)NC1CC=CCOB1O. The van der Waals surface area contributed by atoms with E-state index >= 15 is 0 Å². The lowest BCUT2D eigenvalue weighted by Gasteiger charge is -2.17. The van der Waals surface area contributed by atoms with Crippen LogP contribution in [0.25, 0.3) is 0 Å². The third-order valence-electron chi connectivity index (χ3n) is 2.53. The van der Waals surface area contributed by atoms with Gasteiger partial charge in [0, 0.05) is 11.5 Å². The highest BCUT2D eigenvalue weighted by Gasteiger charge is 2.28. The van der Waals surface area contributed by atoms with Crippen LogP contribution in [-0.2, 0) is 15.9 Å². The van der Waals surface area contributed by atoms with Gasteiger partial charge in [-0.05, 0) is 17.9 Å². The number of hydrogen-bond acceptors (Lipinski definition) is 4. The van der Waals surface area contributed by atoms with E-state index in [9.17, 15) is 9.82 Å². The van der Waals surface area contributed by atoms with Gasteiger partial charge in [-0.2, -0.15) is 0 Å². The van der Waals surface area contributed by atoms with Crippen molar-refractivity contribution in [3.63, 3.8) is 0 Å². The molecule has 2 heterocycles. The van der Waals surface area contributed by atoms with Crippen LogP contribution in [0.2, 0.25) is 0 Å². The molecule has 1 aromatic heterocycles. The minimum absolute atomic E-state index is 0.0876. The molecular formula is C11H14BNO3S. The molecule has 1 aliphatic heterocycles. The average molecular weight is 251 g/mol. The van der Waals surface area contributed by atoms with E-state index in [1.807, 2.05) is 29.7 Å². The first-order valence-corrected chi connectivity index (χ1v) is 6.40. The Morgan fingerprint density at radius 1 is 1.65 bits per heavy atom. The fourth-order valence-corrected chi connectivity index (χ4v) is 2.36.